The van der Waals surface area contributed by atoms with Gasteiger partial charge in [-0.3, -0.25) is 0 Å². The molecule has 8 nitrogen and oxygen atoms in total. The molecular weight excluding hydrogens is 414 g/mol. The molecule has 0 spiro atoms. The lowest BCUT2D eigenvalue weighted by Gasteiger charge is -2.30. The third kappa shape index (κ3) is 4.14. The number of hydrogen-bond acceptors (Lipinski definition) is 7. The third-order valence-corrected chi connectivity index (χ3v) is 8.28. The summed E-state index contributed by atoms with van der Waals surface area (Å²) in [5.41, 5.74) is 3.31. The second kappa shape index (κ2) is 8.72. The van der Waals surface area contributed by atoms with E-state index in [0.29, 0.717) is 35.1 Å². The van der Waals surface area contributed by atoms with Gasteiger partial charge in [0.05, 0.1) is 17.7 Å². The van der Waals surface area contributed by atoms with Gasteiger partial charge in [0.1, 0.15) is 17.4 Å². The Balaban J connectivity index is 1.66. The second-order valence-corrected chi connectivity index (χ2v) is 10.2. The Morgan fingerprint density at radius 1 is 1.16 bits per heavy atom. The fourth-order valence-electron chi connectivity index (χ4n) is 4.48. The van der Waals surface area contributed by atoms with Gasteiger partial charge in [-0.15, -0.1) is 0 Å². The van der Waals surface area contributed by atoms with E-state index in [1.165, 1.54) is 4.31 Å². The van der Waals surface area contributed by atoms with Gasteiger partial charge in [0.15, 0.2) is 0 Å². The minimum atomic E-state index is -3.65. The average Bonchev–Trinajstić information content (AvgIpc) is 2.79. The lowest BCUT2D eigenvalue weighted by Crippen LogP contribution is -2.37. The first-order valence-corrected chi connectivity index (χ1v) is 12.2. The van der Waals surface area contributed by atoms with E-state index < -0.39 is 10.0 Å². The Labute approximate surface area is 184 Å². The molecule has 3 heterocycles. The summed E-state index contributed by atoms with van der Waals surface area (Å²) < 4.78 is 33.9. The zero-order valence-electron chi connectivity index (χ0n) is 18.7. The number of aryl methyl sites for hydroxylation is 2. The van der Waals surface area contributed by atoms with E-state index >= 15 is 0 Å². The number of aromatic nitrogens is 2. The number of hydrogen-bond donors (Lipinski definition) is 2. The summed E-state index contributed by atoms with van der Waals surface area (Å²) in [4.78, 5) is 9.98. The lowest BCUT2D eigenvalue weighted by atomic mass is 9.96. The number of anilines is 1. The molecular formula is C22H31N5O3S. The van der Waals surface area contributed by atoms with Crippen molar-refractivity contribution in [3.05, 3.63) is 40.3 Å². The average molecular weight is 446 g/mol. The van der Waals surface area contributed by atoms with Crippen molar-refractivity contribution >= 4 is 15.8 Å². The van der Waals surface area contributed by atoms with Crippen LogP contribution >= 0.6 is 0 Å². The second-order valence-electron chi connectivity index (χ2n) is 8.31. The van der Waals surface area contributed by atoms with Crippen LogP contribution in [0.5, 0.6) is 5.75 Å². The van der Waals surface area contributed by atoms with Gasteiger partial charge >= 0.3 is 0 Å². The smallest absolute Gasteiger partial charge is 0.243 e. The van der Waals surface area contributed by atoms with Crippen LogP contribution in [0.25, 0.3) is 0 Å². The first kappa shape index (κ1) is 22.0. The number of nitrogens with one attached hydrogen (secondary N) is 2. The van der Waals surface area contributed by atoms with Crippen LogP contribution in [0.15, 0.2) is 17.0 Å². The van der Waals surface area contributed by atoms with Crippen molar-refractivity contribution in [2.24, 2.45) is 0 Å². The van der Waals surface area contributed by atoms with Crippen LogP contribution in [0.2, 0.25) is 0 Å². The maximum atomic E-state index is 13.5. The normalized spacial score (nSPS) is 17.9. The highest BCUT2D eigenvalue weighted by atomic mass is 32.2. The molecule has 0 atom stereocenters. The molecule has 0 aliphatic carbocycles. The molecule has 0 amide bonds. The van der Waals surface area contributed by atoms with Gasteiger partial charge in [-0.05, 0) is 63.0 Å². The number of nitrogens with zero attached hydrogens (tertiary/aromatic N) is 3. The maximum Gasteiger partial charge on any atom is 0.243 e. The summed E-state index contributed by atoms with van der Waals surface area (Å²) in [6, 6.07) is 3.49. The van der Waals surface area contributed by atoms with Crippen LogP contribution in [-0.2, 0) is 23.0 Å². The van der Waals surface area contributed by atoms with Crippen LogP contribution in [0.4, 0.5) is 5.82 Å². The summed E-state index contributed by atoms with van der Waals surface area (Å²) in [6.07, 6.45) is 2.63. The minimum absolute atomic E-state index is 0.269. The summed E-state index contributed by atoms with van der Waals surface area (Å²) >= 11 is 0. The van der Waals surface area contributed by atoms with Crippen LogP contribution < -0.4 is 15.4 Å². The van der Waals surface area contributed by atoms with Gasteiger partial charge in [0, 0.05) is 38.0 Å². The fraction of sp³-hybridized carbons (Fsp3) is 0.545. The summed E-state index contributed by atoms with van der Waals surface area (Å²) in [5, 5.41) is 6.55. The van der Waals surface area contributed by atoms with Crippen molar-refractivity contribution in [3.63, 3.8) is 0 Å². The van der Waals surface area contributed by atoms with Crippen molar-refractivity contribution < 1.29 is 13.2 Å². The Bertz CT molecular complexity index is 1060. The Morgan fingerprint density at radius 2 is 1.90 bits per heavy atom. The molecule has 1 aromatic carbocycles. The molecule has 9 heteroatoms. The van der Waals surface area contributed by atoms with Crippen LogP contribution in [0.3, 0.4) is 0 Å². The van der Waals surface area contributed by atoms with Gasteiger partial charge in [-0.25, -0.2) is 18.4 Å². The molecule has 0 radical (unpaired) electrons. The van der Waals surface area contributed by atoms with Gasteiger partial charge in [-0.2, -0.15) is 4.31 Å². The molecule has 2 N–H and O–H groups in total. The standard InChI is InChI=1S/C22H31N5O3S/c1-14-12-20(15(2)11-19(14)30-4)31(28,29)27-10-7-18-17(13-27)22(23-3)26-21(25-18)16-5-8-24-9-6-16/h11-12,16,24H,5-10,13H2,1-4H3,(H,23,25,26). The predicted octanol–water partition coefficient (Wildman–Crippen LogP) is 2.36. The summed E-state index contributed by atoms with van der Waals surface area (Å²) in [7, 11) is -0.228. The van der Waals surface area contributed by atoms with Crippen molar-refractivity contribution in [2.45, 2.75) is 50.5 Å². The SMILES string of the molecule is CNc1nc(C2CCNCC2)nc2c1CN(S(=O)(=O)c1cc(C)c(OC)cc1C)CC2. The molecule has 31 heavy (non-hydrogen) atoms. The van der Waals surface area contributed by atoms with E-state index in [-0.39, 0.29) is 6.54 Å². The molecule has 2 aliphatic rings. The number of piperidine rings is 1. The van der Waals surface area contributed by atoms with Crippen molar-refractivity contribution in [2.75, 3.05) is 39.1 Å². The Hall–Kier alpha value is -2.23. The first-order valence-electron chi connectivity index (χ1n) is 10.8. The lowest BCUT2D eigenvalue weighted by molar-refractivity contribution is 0.383. The Morgan fingerprint density at radius 3 is 2.58 bits per heavy atom. The van der Waals surface area contributed by atoms with Gasteiger partial charge in [0.25, 0.3) is 0 Å². The molecule has 2 aliphatic heterocycles. The van der Waals surface area contributed by atoms with Crippen LogP contribution in [0, 0.1) is 13.8 Å². The van der Waals surface area contributed by atoms with Crippen LogP contribution in [-0.4, -0.2) is 56.5 Å². The van der Waals surface area contributed by atoms with E-state index in [1.54, 1.807) is 26.2 Å². The number of rotatable bonds is 5. The van der Waals surface area contributed by atoms with E-state index in [1.807, 2.05) is 14.0 Å². The highest BCUT2D eigenvalue weighted by molar-refractivity contribution is 7.89. The number of benzene rings is 1. The minimum Gasteiger partial charge on any atom is -0.496 e. The van der Waals surface area contributed by atoms with Crippen molar-refractivity contribution in [1.82, 2.24) is 19.6 Å². The van der Waals surface area contributed by atoms with Crippen molar-refractivity contribution in [3.8, 4) is 5.75 Å². The highest BCUT2D eigenvalue weighted by Crippen LogP contribution is 2.33. The highest BCUT2D eigenvalue weighted by Gasteiger charge is 2.33. The molecule has 2 aromatic rings. The number of fused-ring (bicyclic) bond motifs is 1. The predicted molar refractivity (Wildman–Crippen MR) is 120 cm³/mol. The van der Waals surface area contributed by atoms with Gasteiger partial charge < -0.3 is 15.4 Å². The van der Waals surface area contributed by atoms with Gasteiger partial charge in [0.2, 0.25) is 10.0 Å². The molecule has 4 rings (SSSR count). The molecule has 1 fully saturated rings. The third-order valence-electron chi connectivity index (χ3n) is 6.29. The Kier molecular flexibility index (Phi) is 6.18. The molecule has 1 saturated heterocycles. The largest absolute Gasteiger partial charge is 0.496 e. The van der Waals surface area contributed by atoms with E-state index in [9.17, 15) is 8.42 Å². The monoisotopic (exact) mass is 445 g/mol. The zero-order valence-corrected chi connectivity index (χ0v) is 19.5. The van der Waals surface area contributed by atoms with Gasteiger partial charge in [-0.1, -0.05) is 0 Å². The van der Waals surface area contributed by atoms with E-state index in [4.69, 9.17) is 14.7 Å². The van der Waals surface area contributed by atoms with E-state index in [0.717, 1.165) is 54.4 Å². The quantitative estimate of drug-likeness (QED) is 0.729. The zero-order chi connectivity index (χ0) is 22.2. The first-order chi connectivity index (χ1) is 14.8. The molecule has 1 aromatic heterocycles. The number of sulfonamides is 1. The fourth-order valence-corrected chi connectivity index (χ4v) is 6.18. The summed E-state index contributed by atoms with van der Waals surface area (Å²) in [6.45, 7) is 6.30. The number of methoxy groups -OCH3 is 1. The van der Waals surface area contributed by atoms with Crippen molar-refractivity contribution in [1.29, 1.82) is 0 Å². The molecule has 168 valence electrons. The topological polar surface area (TPSA) is 96.5 Å². The molecule has 0 saturated carbocycles. The van der Waals surface area contributed by atoms with Crippen LogP contribution in [0.1, 0.15) is 47.0 Å². The maximum absolute atomic E-state index is 13.5. The van der Waals surface area contributed by atoms with E-state index in [2.05, 4.69) is 10.6 Å². The number of ether oxygens (including phenoxy) is 1. The summed E-state index contributed by atoms with van der Waals surface area (Å²) in [5.74, 6) is 2.66. The molecule has 0 unspecified atom stereocenters. The molecule has 0 bridgehead atoms.